The molecule has 0 aromatic carbocycles. The van der Waals surface area contributed by atoms with Crippen LogP contribution in [0.3, 0.4) is 0 Å². The molecule has 0 heterocycles. The number of carbonyl (C=O) groups is 4. The summed E-state index contributed by atoms with van der Waals surface area (Å²) in [5.41, 5.74) is 0. The number of aliphatic hydroxyl groups excluding tert-OH is 1. The number of esters is 4. The molecule has 580 valence electrons. The van der Waals surface area contributed by atoms with E-state index < -0.39 is 97.5 Å². The number of phosphoric ester groups is 2. The summed E-state index contributed by atoms with van der Waals surface area (Å²) in [5.74, 6) is -2.24. The van der Waals surface area contributed by atoms with Gasteiger partial charge in [-0.25, -0.2) is 9.13 Å². The van der Waals surface area contributed by atoms with Crippen LogP contribution in [0.1, 0.15) is 349 Å². The maximum absolute atomic E-state index is 13.1. The molecule has 19 heteroatoms. The number of phosphoric acid groups is 2. The van der Waals surface area contributed by atoms with Crippen LogP contribution in [-0.2, 0) is 65.4 Å². The molecule has 0 radical (unpaired) electrons. The summed E-state index contributed by atoms with van der Waals surface area (Å²) in [7, 11) is -9.96. The molecule has 0 saturated heterocycles. The number of aliphatic hydroxyl groups is 1. The Morgan fingerprint density at radius 3 is 0.820 bits per heavy atom. The van der Waals surface area contributed by atoms with Crippen LogP contribution in [0, 0.1) is 0 Å². The minimum atomic E-state index is -4.99. The molecule has 5 atom stereocenters. The average molecular weight is 1450 g/mol. The van der Waals surface area contributed by atoms with Gasteiger partial charge in [-0.05, 0) is 122 Å². The predicted molar refractivity (Wildman–Crippen MR) is 409 cm³/mol. The SMILES string of the molecule is CCCCC/C=C\C/C=C\C/C=C\C/C=C\CCCC(=O)OC[C@H](COP(=O)(O)OC[C@@H](O)COP(=O)(O)OC[C@@H](COC(=O)CCCCCCC/C=C\CCCCCCCC)OC(=O)CCCCCCCCCCCCCCC)OC(=O)CCCCCCC/C=C\C/C=C\CCCCC. The van der Waals surface area contributed by atoms with Crippen LogP contribution in [0.5, 0.6) is 0 Å². The Balaban J connectivity index is 5.39. The monoisotopic (exact) mass is 1450 g/mol. The number of unbranched alkanes of at least 4 members (excludes halogenated alkanes) is 35. The summed E-state index contributed by atoms with van der Waals surface area (Å²) in [6, 6.07) is 0. The molecule has 0 aromatic heterocycles. The molecule has 17 nitrogen and oxygen atoms in total. The molecule has 0 aliphatic carbocycles. The van der Waals surface area contributed by atoms with Crippen LogP contribution >= 0.6 is 15.6 Å². The highest BCUT2D eigenvalue weighted by Crippen LogP contribution is 2.45. The van der Waals surface area contributed by atoms with Gasteiger partial charge in [-0.1, -0.05) is 286 Å². The zero-order valence-electron chi connectivity index (χ0n) is 63.4. The summed E-state index contributed by atoms with van der Waals surface area (Å²) >= 11 is 0. The largest absolute Gasteiger partial charge is 0.472 e. The zero-order chi connectivity index (χ0) is 73.2. The highest BCUT2D eigenvalue weighted by atomic mass is 31.2. The van der Waals surface area contributed by atoms with Crippen molar-refractivity contribution in [1.29, 1.82) is 0 Å². The Kier molecular flexibility index (Phi) is 70.8. The molecule has 0 fully saturated rings. The van der Waals surface area contributed by atoms with E-state index in [1.54, 1.807) is 0 Å². The maximum Gasteiger partial charge on any atom is 0.472 e. The van der Waals surface area contributed by atoms with Crippen LogP contribution in [0.4, 0.5) is 0 Å². The first-order valence-electron chi connectivity index (χ1n) is 39.8. The highest BCUT2D eigenvalue weighted by Gasteiger charge is 2.30. The Morgan fingerprint density at radius 1 is 0.280 bits per heavy atom. The second-order valence-electron chi connectivity index (χ2n) is 26.7. The quantitative estimate of drug-likeness (QED) is 0.0169. The van der Waals surface area contributed by atoms with Gasteiger partial charge in [0.05, 0.1) is 26.4 Å². The van der Waals surface area contributed by atoms with Gasteiger partial charge in [-0.2, -0.15) is 0 Å². The second-order valence-corrected chi connectivity index (χ2v) is 29.6. The lowest BCUT2D eigenvalue weighted by atomic mass is 10.0. The van der Waals surface area contributed by atoms with Gasteiger partial charge in [0.2, 0.25) is 0 Å². The third-order valence-corrected chi connectivity index (χ3v) is 18.7. The van der Waals surface area contributed by atoms with E-state index in [1.807, 2.05) is 12.2 Å². The number of hydrogen-bond acceptors (Lipinski definition) is 15. The van der Waals surface area contributed by atoms with E-state index >= 15 is 0 Å². The molecule has 0 bridgehead atoms. The molecular weight excluding hydrogens is 1310 g/mol. The second kappa shape index (κ2) is 73.5. The standard InChI is InChI=1S/C81H144O17P2/c1-5-9-13-17-21-25-29-33-36-37-40-43-46-50-54-58-62-66-79(84)92-72-77(98-81(86)68-64-60-56-52-48-44-39-35-31-27-23-19-15-11-7-3)74-96-100(89,90)94-70-75(82)69-93-99(87,88)95-73-76(97-80(85)67-63-59-55-51-47-41-32-28-24-20-16-12-8-4)71-91-78(83)65-61-57-53-49-45-42-38-34-30-26-22-18-14-10-6-2/h21,23,25,27,33-36,38-40,43,50,54,75-77,82H,5-20,22,24,26,28-32,37,41-42,44-49,51-53,55-74H2,1-4H3,(H,87,88)(H,89,90)/b25-21-,27-23-,36-33-,38-34-,39-35-,43-40-,54-50-/t75-,76+,77+/m0/s1. The van der Waals surface area contributed by atoms with Crippen molar-refractivity contribution in [1.82, 2.24) is 0 Å². The van der Waals surface area contributed by atoms with Gasteiger partial charge in [0.25, 0.3) is 0 Å². The van der Waals surface area contributed by atoms with Crippen molar-refractivity contribution < 1.29 is 80.2 Å². The first-order valence-corrected chi connectivity index (χ1v) is 42.8. The van der Waals surface area contributed by atoms with Crippen molar-refractivity contribution in [3.8, 4) is 0 Å². The first-order chi connectivity index (χ1) is 48.7. The van der Waals surface area contributed by atoms with Gasteiger partial charge in [-0.3, -0.25) is 37.3 Å². The minimum Gasteiger partial charge on any atom is -0.462 e. The predicted octanol–water partition coefficient (Wildman–Crippen LogP) is 23.0. The van der Waals surface area contributed by atoms with Crippen LogP contribution in [0.2, 0.25) is 0 Å². The van der Waals surface area contributed by atoms with Gasteiger partial charge in [0.1, 0.15) is 19.3 Å². The van der Waals surface area contributed by atoms with E-state index in [4.69, 9.17) is 37.0 Å². The maximum atomic E-state index is 13.1. The fourth-order valence-corrected chi connectivity index (χ4v) is 12.3. The fourth-order valence-electron chi connectivity index (χ4n) is 10.7. The van der Waals surface area contributed by atoms with Crippen LogP contribution < -0.4 is 0 Å². The minimum absolute atomic E-state index is 0.0684. The molecule has 0 aromatic rings. The molecule has 0 spiro atoms. The van der Waals surface area contributed by atoms with Crippen LogP contribution in [0.15, 0.2) is 85.1 Å². The zero-order valence-corrected chi connectivity index (χ0v) is 65.2. The van der Waals surface area contributed by atoms with Crippen molar-refractivity contribution in [3.63, 3.8) is 0 Å². The Bertz CT molecular complexity index is 2230. The van der Waals surface area contributed by atoms with Crippen molar-refractivity contribution in [2.45, 2.75) is 367 Å². The van der Waals surface area contributed by atoms with Gasteiger partial charge in [0.15, 0.2) is 12.2 Å². The molecule has 3 N–H and O–H groups in total. The molecule has 0 rings (SSSR count). The van der Waals surface area contributed by atoms with Gasteiger partial charge >= 0.3 is 39.5 Å². The van der Waals surface area contributed by atoms with E-state index in [0.29, 0.717) is 32.1 Å². The number of allylic oxidation sites excluding steroid dienone is 14. The van der Waals surface area contributed by atoms with Gasteiger partial charge in [0, 0.05) is 25.7 Å². The molecular formula is C81H144O17P2. The third-order valence-electron chi connectivity index (χ3n) is 16.8. The van der Waals surface area contributed by atoms with Gasteiger partial charge in [-0.15, -0.1) is 0 Å². The summed E-state index contributed by atoms with van der Waals surface area (Å²) in [6.45, 7) is 4.77. The first kappa shape index (κ1) is 96.2. The normalized spacial score (nSPS) is 14.3. The van der Waals surface area contributed by atoms with E-state index in [1.165, 1.54) is 128 Å². The van der Waals surface area contributed by atoms with E-state index in [9.17, 15) is 43.2 Å². The summed E-state index contributed by atoms with van der Waals surface area (Å²) in [5, 5.41) is 10.6. The lowest BCUT2D eigenvalue weighted by molar-refractivity contribution is -0.161. The number of carbonyl (C=O) groups excluding carboxylic acids is 4. The average Bonchev–Trinajstić information content (AvgIpc) is 1.06. The highest BCUT2D eigenvalue weighted by molar-refractivity contribution is 7.47. The third kappa shape index (κ3) is 72.6. The van der Waals surface area contributed by atoms with Crippen molar-refractivity contribution >= 4 is 39.5 Å². The number of ether oxygens (including phenoxy) is 4. The lowest BCUT2D eigenvalue weighted by Crippen LogP contribution is -2.30. The topological polar surface area (TPSA) is 237 Å². The summed E-state index contributed by atoms with van der Waals surface area (Å²) in [6.07, 6.45) is 75.7. The van der Waals surface area contributed by atoms with Crippen molar-refractivity contribution in [3.05, 3.63) is 85.1 Å². The van der Waals surface area contributed by atoms with Crippen molar-refractivity contribution in [2.24, 2.45) is 0 Å². The summed E-state index contributed by atoms with van der Waals surface area (Å²) in [4.78, 5) is 72.9. The fraction of sp³-hybridized carbons (Fsp3) is 0.778. The molecule has 100 heavy (non-hydrogen) atoms. The Hall–Kier alpha value is -3.76. The number of rotatable bonds is 75. The van der Waals surface area contributed by atoms with Crippen LogP contribution in [-0.4, -0.2) is 96.7 Å². The molecule has 2 unspecified atom stereocenters. The summed E-state index contributed by atoms with van der Waals surface area (Å²) < 4.78 is 68.5. The van der Waals surface area contributed by atoms with E-state index in [0.717, 1.165) is 135 Å². The molecule has 0 amide bonds. The molecule has 0 aliphatic heterocycles. The Morgan fingerprint density at radius 2 is 0.500 bits per heavy atom. The van der Waals surface area contributed by atoms with Crippen LogP contribution in [0.25, 0.3) is 0 Å². The van der Waals surface area contributed by atoms with Crippen molar-refractivity contribution in [2.75, 3.05) is 39.6 Å². The molecule has 0 saturated carbocycles. The van der Waals surface area contributed by atoms with E-state index in [-0.39, 0.29) is 25.7 Å². The smallest absolute Gasteiger partial charge is 0.462 e. The molecule has 0 aliphatic rings. The Labute approximate surface area is 608 Å². The lowest BCUT2D eigenvalue weighted by Gasteiger charge is -2.21. The van der Waals surface area contributed by atoms with E-state index in [2.05, 4.69) is 101 Å². The van der Waals surface area contributed by atoms with Gasteiger partial charge < -0.3 is 33.8 Å². The number of hydrogen-bond donors (Lipinski definition) is 3.